The Morgan fingerprint density at radius 3 is 2.70 bits per heavy atom. The van der Waals surface area contributed by atoms with Gasteiger partial charge in [0.25, 0.3) is 5.69 Å². The molecule has 1 aromatic carbocycles. The van der Waals surface area contributed by atoms with E-state index in [9.17, 15) is 15.2 Å². The largest absolute Gasteiger partial charge is 0.504 e. The van der Waals surface area contributed by atoms with Crippen LogP contribution in [0.3, 0.4) is 0 Å². The summed E-state index contributed by atoms with van der Waals surface area (Å²) in [7, 11) is 1.42. The lowest BCUT2D eigenvalue weighted by Crippen LogP contribution is -2.45. The summed E-state index contributed by atoms with van der Waals surface area (Å²) in [5.41, 5.74) is 0.579. The van der Waals surface area contributed by atoms with Gasteiger partial charge in [-0.3, -0.25) is 15.0 Å². The van der Waals surface area contributed by atoms with Crippen LogP contribution in [-0.4, -0.2) is 48.2 Å². The molecule has 0 unspecified atom stereocenters. The minimum absolute atomic E-state index is 0.00148. The first-order valence-corrected chi connectivity index (χ1v) is 8.10. The normalized spacial score (nSPS) is 20.2. The summed E-state index contributed by atoms with van der Waals surface area (Å²) < 4.78 is 5.15. The molecule has 7 heteroatoms. The summed E-state index contributed by atoms with van der Waals surface area (Å²) in [5.74, 6) is 0.854. The van der Waals surface area contributed by atoms with Crippen molar-refractivity contribution in [3.05, 3.63) is 27.8 Å². The van der Waals surface area contributed by atoms with Crippen LogP contribution in [0.5, 0.6) is 11.5 Å². The van der Waals surface area contributed by atoms with Gasteiger partial charge in [0.1, 0.15) is 0 Å². The van der Waals surface area contributed by atoms with Crippen molar-refractivity contribution >= 4 is 5.69 Å². The Hall–Kier alpha value is -1.86. The molecule has 2 fully saturated rings. The smallest absolute Gasteiger partial charge is 0.273 e. The molecule has 0 aromatic heterocycles. The molecule has 1 aliphatic heterocycles. The Morgan fingerprint density at radius 2 is 2.13 bits per heavy atom. The van der Waals surface area contributed by atoms with Gasteiger partial charge in [0.05, 0.1) is 18.1 Å². The summed E-state index contributed by atoms with van der Waals surface area (Å²) in [6, 6.07) is 2.79. The van der Waals surface area contributed by atoms with E-state index in [1.54, 1.807) is 0 Å². The molecule has 2 aliphatic rings. The summed E-state index contributed by atoms with van der Waals surface area (Å²) >= 11 is 0. The van der Waals surface area contributed by atoms with E-state index in [-0.39, 0.29) is 23.2 Å². The number of ether oxygens (including phenoxy) is 1. The molecule has 1 heterocycles. The number of aromatic hydroxyl groups is 1. The molecule has 2 N–H and O–H groups in total. The quantitative estimate of drug-likeness (QED) is 0.616. The predicted octanol–water partition coefficient (Wildman–Crippen LogP) is 2.06. The minimum Gasteiger partial charge on any atom is -0.504 e. The van der Waals surface area contributed by atoms with Crippen LogP contribution >= 0.6 is 0 Å². The first-order valence-electron chi connectivity index (χ1n) is 8.10. The molecule has 1 saturated heterocycles. The number of rotatable bonds is 6. The highest BCUT2D eigenvalue weighted by molar-refractivity contribution is 5.54. The van der Waals surface area contributed by atoms with Crippen LogP contribution in [0.4, 0.5) is 5.69 Å². The molecular formula is C16H23N3O4. The molecule has 1 atom stereocenters. The number of nitrogens with one attached hydrogen (secondary N) is 1. The Labute approximate surface area is 135 Å². The second-order valence-electron chi connectivity index (χ2n) is 6.32. The van der Waals surface area contributed by atoms with Crippen LogP contribution in [0.25, 0.3) is 0 Å². The van der Waals surface area contributed by atoms with Crippen molar-refractivity contribution in [3.63, 3.8) is 0 Å². The van der Waals surface area contributed by atoms with Crippen LogP contribution in [0, 0.1) is 16.0 Å². The standard InChI is InChI=1S/C16H23N3O4/c1-23-15-10-12(19(21)22)9-13(16(15)20)14(8-11-2-3-11)18-6-4-17-5-7-18/h9-11,14,17,20H,2-8H2,1H3/t14-/m1/s1. The van der Waals surface area contributed by atoms with E-state index < -0.39 is 4.92 Å². The second-order valence-corrected chi connectivity index (χ2v) is 6.32. The number of nitro benzene ring substituents is 1. The van der Waals surface area contributed by atoms with Gasteiger partial charge in [0.2, 0.25) is 0 Å². The SMILES string of the molecule is COc1cc([N+](=O)[O-])cc([C@@H](CC2CC2)N2CCNCC2)c1O. The third-order valence-corrected chi connectivity index (χ3v) is 4.72. The van der Waals surface area contributed by atoms with Gasteiger partial charge in [-0.05, 0) is 12.3 Å². The fourth-order valence-corrected chi connectivity index (χ4v) is 3.27. The lowest BCUT2D eigenvalue weighted by Gasteiger charge is -2.35. The third-order valence-electron chi connectivity index (χ3n) is 4.72. The van der Waals surface area contributed by atoms with Crippen molar-refractivity contribution in [2.75, 3.05) is 33.3 Å². The van der Waals surface area contributed by atoms with Crippen molar-refractivity contribution in [1.82, 2.24) is 10.2 Å². The lowest BCUT2D eigenvalue weighted by atomic mass is 9.96. The van der Waals surface area contributed by atoms with E-state index in [1.807, 2.05) is 0 Å². The van der Waals surface area contributed by atoms with E-state index in [0.29, 0.717) is 11.5 Å². The highest BCUT2D eigenvalue weighted by Gasteiger charge is 2.33. The van der Waals surface area contributed by atoms with Gasteiger partial charge < -0.3 is 15.2 Å². The van der Waals surface area contributed by atoms with Gasteiger partial charge in [0, 0.05) is 43.9 Å². The van der Waals surface area contributed by atoms with Gasteiger partial charge in [-0.2, -0.15) is 0 Å². The third kappa shape index (κ3) is 3.56. The molecule has 126 valence electrons. The van der Waals surface area contributed by atoms with Crippen LogP contribution in [0.1, 0.15) is 30.9 Å². The topological polar surface area (TPSA) is 87.9 Å². The van der Waals surface area contributed by atoms with E-state index >= 15 is 0 Å². The summed E-state index contributed by atoms with van der Waals surface area (Å²) in [6.45, 7) is 3.55. The van der Waals surface area contributed by atoms with Gasteiger partial charge in [-0.1, -0.05) is 12.8 Å². The Bertz CT molecular complexity index is 583. The monoisotopic (exact) mass is 321 g/mol. The molecule has 0 radical (unpaired) electrons. The van der Waals surface area contributed by atoms with Gasteiger partial charge in [-0.25, -0.2) is 0 Å². The van der Waals surface area contributed by atoms with Crippen molar-refractivity contribution in [3.8, 4) is 11.5 Å². The number of hydrogen-bond acceptors (Lipinski definition) is 6. The molecule has 0 spiro atoms. The number of hydrogen-bond donors (Lipinski definition) is 2. The molecule has 3 rings (SSSR count). The van der Waals surface area contributed by atoms with E-state index in [0.717, 1.165) is 32.6 Å². The molecule has 0 bridgehead atoms. The average Bonchev–Trinajstić information content (AvgIpc) is 3.38. The molecular weight excluding hydrogens is 298 g/mol. The molecule has 23 heavy (non-hydrogen) atoms. The van der Waals surface area contributed by atoms with Crippen molar-refractivity contribution in [2.45, 2.75) is 25.3 Å². The number of methoxy groups -OCH3 is 1. The van der Waals surface area contributed by atoms with Crippen LogP contribution in [0.15, 0.2) is 12.1 Å². The van der Waals surface area contributed by atoms with Crippen LogP contribution in [0.2, 0.25) is 0 Å². The predicted molar refractivity (Wildman–Crippen MR) is 85.8 cm³/mol. The zero-order valence-electron chi connectivity index (χ0n) is 13.3. The number of nitrogens with zero attached hydrogens (tertiary/aromatic N) is 2. The highest BCUT2D eigenvalue weighted by atomic mass is 16.6. The number of benzene rings is 1. The van der Waals surface area contributed by atoms with Crippen molar-refractivity contribution in [1.29, 1.82) is 0 Å². The second kappa shape index (κ2) is 6.72. The Morgan fingerprint density at radius 1 is 1.43 bits per heavy atom. The average molecular weight is 321 g/mol. The van der Waals surface area contributed by atoms with Gasteiger partial charge >= 0.3 is 0 Å². The van der Waals surface area contributed by atoms with E-state index in [1.165, 1.54) is 32.1 Å². The van der Waals surface area contributed by atoms with Gasteiger partial charge in [-0.15, -0.1) is 0 Å². The number of non-ortho nitro benzene ring substituents is 1. The number of piperazine rings is 1. The zero-order valence-corrected chi connectivity index (χ0v) is 13.3. The van der Waals surface area contributed by atoms with Gasteiger partial charge in [0.15, 0.2) is 11.5 Å². The van der Waals surface area contributed by atoms with Crippen LogP contribution < -0.4 is 10.1 Å². The number of phenolic OH excluding ortho intramolecular Hbond substituents is 1. The zero-order chi connectivity index (χ0) is 16.4. The first kappa shape index (κ1) is 16.0. The van der Waals surface area contributed by atoms with E-state index in [2.05, 4.69) is 10.2 Å². The maximum absolute atomic E-state index is 11.2. The summed E-state index contributed by atoms with van der Waals surface area (Å²) in [4.78, 5) is 13.1. The molecule has 7 nitrogen and oxygen atoms in total. The highest BCUT2D eigenvalue weighted by Crippen LogP contribution is 2.45. The first-order chi connectivity index (χ1) is 11.1. The summed E-state index contributed by atoms with van der Waals surface area (Å²) in [5, 5.41) is 25.1. The minimum atomic E-state index is -0.433. The fourth-order valence-electron chi connectivity index (χ4n) is 3.27. The maximum Gasteiger partial charge on any atom is 0.273 e. The molecule has 1 aromatic rings. The molecule has 1 saturated carbocycles. The Kier molecular flexibility index (Phi) is 4.68. The number of nitro groups is 1. The lowest BCUT2D eigenvalue weighted by molar-refractivity contribution is -0.385. The van der Waals surface area contributed by atoms with Crippen molar-refractivity contribution < 1.29 is 14.8 Å². The number of phenols is 1. The maximum atomic E-state index is 11.2. The Balaban J connectivity index is 1.98. The van der Waals surface area contributed by atoms with E-state index in [4.69, 9.17) is 4.74 Å². The fraction of sp³-hybridized carbons (Fsp3) is 0.625. The molecule has 1 aliphatic carbocycles. The molecule has 0 amide bonds. The summed E-state index contributed by atoms with van der Waals surface area (Å²) in [6.07, 6.45) is 3.34. The van der Waals surface area contributed by atoms with Crippen LogP contribution in [-0.2, 0) is 0 Å². The van der Waals surface area contributed by atoms with Crippen molar-refractivity contribution in [2.24, 2.45) is 5.92 Å².